The maximum Gasteiger partial charge on any atom is 0.132 e. The Morgan fingerprint density at radius 1 is 1.11 bits per heavy atom. The van der Waals surface area contributed by atoms with Gasteiger partial charge in [-0.2, -0.15) is 0 Å². The number of rotatable bonds is 3. The average Bonchev–Trinajstić information content (AvgIpc) is 2.37. The second kappa shape index (κ2) is 5.41. The molecular weight excluding hydrogens is 234 g/mol. The van der Waals surface area contributed by atoms with E-state index in [9.17, 15) is 0 Å². The summed E-state index contributed by atoms with van der Waals surface area (Å²) in [5, 5.41) is 0. The van der Waals surface area contributed by atoms with Crippen LogP contribution < -0.4 is 10.6 Å². The zero-order chi connectivity index (χ0) is 14.0. The lowest BCUT2D eigenvalue weighted by Gasteiger charge is -2.20. The van der Waals surface area contributed by atoms with Crippen molar-refractivity contribution in [3.05, 3.63) is 53.2 Å². The van der Waals surface area contributed by atoms with Crippen LogP contribution in [0.2, 0.25) is 0 Å². The number of aryl methyl sites for hydroxylation is 2. The van der Waals surface area contributed by atoms with E-state index in [4.69, 9.17) is 5.73 Å². The smallest absolute Gasteiger partial charge is 0.132 e. The highest BCUT2D eigenvalue weighted by molar-refractivity contribution is 5.61. The van der Waals surface area contributed by atoms with E-state index in [2.05, 4.69) is 41.9 Å². The van der Waals surface area contributed by atoms with Crippen molar-refractivity contribution in [1.29, 1.82) is 0 Å². The molecule has 2 rings (SSSR count). The largest absolute Gasteiger partial charge is 0.329 e. The van der Waals surface area contributed by atoms with Gasteiger partial charge in [0.1, 0.15) is 5.82 Å². The maximum atomic E-state index is 5.84. The fourth-order valence-electron chi connectivity index (χ4n) is 2.14. The topological polar surface area (TPSA) is 42.1 Å². The lowest BCUT2D eigenvalue weighted by atomic mass is 10.1. The van der Waals surface area contributed by atoms with Gasteiger partial charge >= 0.3 is 0 Å². The minimum Gasteiger partial charge on any atom is -0.329 e. The van der Waals surface area contributed by atoms with E-state index < -0.39 is 0 Å². The number of aromatic nitrogens is 1. The third kappa shape index (κ3) is 3.12. The van der Waals surface area contributed by atoms with Crippen LogP contribution in [0.15, 0.2) is 36.5 Å². The van der Waals surface area contributed by atoms with Crippen molar-refractivity contribution in [1.82, 2.24) is 4.98 Å². The summed E-state index contributed by atoms with van der Waals surface area (Å²) >= 11 is 0. The van der Waals surface area contributed by atoms with Crippen molar-refractivity contribution in [3.63, 3.8) is 0 Å². The van der Waals surface area contributed by atoms with Crippen LogP contribution in [0, 0.1) is 13.8 Å². The van der Waals surface area contributed by atoms with Crippen LogP contribution in [-0.2, 0) is 0 Å². The number of nitrogens with zero attached hydrogens (tertiary/aromatic N) is 2. The molecule has 0 radical (unpaired) electrons. The molecule has 0 spiro atoms. The summed E-state index contributed by atoms with van der Waals surface area (Å²) in [6, 6.07) is 10.6. The Bertz CT molecular complexity index is 538. The highest BCUT2D eigenvalue weighted by atomic mass is 15.2. The van der Waals surface area contributed by atoms with Crippen molar-refractivity contribution in [3.8, 4) is 0 Å². The molecule has 2 aromatic rings. The minimum atomic E-state index is 0.0214. The molecule has 0 saturated heterocycles. The van der Waals surface area contributed by atoms with Crippen LogP contribution in [0.3, 0.4) is 0 Å². The third-order valence-corrected chi connectivity index (χ3v) is 3.23. The molecule has 2 N–H and O–H groups in total. The van der Waals surface area contributed by atoms with E-state index in [-0.39, 0.29) is 6.04 Å². The molecule has 0 amide bonds. The van der Waals surface area contributed by atoms with Gasteiger partial charge in [-0.25, -0.2) is 4.98 Å². The molecule has 0 fully saturated rings. The average molecular weight is 255 g/mol. The van der Waals surface area contributed by atoms with Crippen molar-refractivity contribution in [2.75, 3.05) is 11.9 Å². The number of hydrogen-bond acceptors (Lipinski definition) is 3. The molecule has 100 valence electrons. The minimum absolute atomic E-state index is 0.0214. The normalized spacial score (nSPS) is 12.3. The Balaban J connectivity index is 2.30. The first-order valence-corrected chi connectivity index (χ1v) is 6.51. The molecule has 1 atom stereocenters. The van der Waals surface area contributed by atoms with Gasteiger partial charge in [-0.3, -0.25) is 0 Å². The summed E-state index contributed by atoms with van der Waals surface area (Å²) in [6.07, 6.45) is 1.85. The molecule has 0 aliphatic rings. The van der Waals surface area contributed by atoms with E-state index in [1.807, 2.05) is 32.3 Å². The third-order valence-electron chi connectivity index (χ3n) is 3.23. The molecule has 0 aliphatic heterocycles. The van der Waals surface area contributed by atoms with Crippen molar-refractivity contribution >= 4 is 11.5 Å². The standard InChI is InChI=1S/C16H21N3/c1-11-7-12(2)9-15(8-11)19(4)16-6-5-14(10-18-16)13(3)17/h5-10,13H,17H2,1-4H3. The van der Waals surface area contributed by atoms with Crippen LogP contribution >= 0.6 is 0 Å². The molecule has 0 bridgehead atoms. The number of nitrogens with two attached hydrogens (primary N) is 1. The zero-order valence-corrected chi connectivity index (χ0v) is 12.0. The van der Waals surface area contributed by atoms with Gasteiger partial charge in [0.15, 0.2) is 0 Å². The maximum absolute atomic E-state index is 5.84. The molecular formula is C16H21N3. The fourth-order valence-corrected chi connectivity index (χ4v) is 2.14. The molecule has 1 aromatic carbocycles. The molecule has 3 nitrogen and oxygen atoms in total. The van der Waals surface area contributed by atoms with Gasteiger partial charge in [-0.15, -0.1) is 0 Å². The second-order valence-electron chi connectivity index (χ2n) is 5.14. The molecule has 1 heterocycles. The van der Waals surface area contributed by atoms with Gasteiger partial charge in [-0.05, 0) is 55.7 Å². The molecule has 19 heavy (non-hydrogen) atoms. The summed E-state index contributed by atoms with van der Waals surface area (Å²) in [6.45, 7) is 6.18. The van der Waals surface area contributed by atoms with E-state index in [0.717, 1.165) is 17.1 Å². The summed E-state index contributed by atoms with van der Waals surface area (Å²) in [4.78, 5) is 6.57. The quantitative estimate of drug-likeness (QED) is 0.913. The number of anilines is 2. The van der Waals surface area contributed by atoms with Gasteiger partial charge < -0.3 is 10.6 Å². The van der Waals surface area contributed by atoms with Crippen molar-refractivity contribution in [2.24, 2.45) is 5.73 Å². The zero-order valence-electron chi connectivity index (χ0n) is 12.0. The second-order valence-corrected chi connectivity index (χ2v) is 5.14. The van der Waals surface area contributed by atoms with Crippen LogP contribution in [0.5, 0.6) is 0 Å². The molecule has 1 unspecified atom stereocenters. The highest BCUT2D eigenvalue weighted by Gasteiger charge is 2.07. The van der Waals surface area contributed by atoms with Crippen LogP contribution in [-0.4, -0.2) is 12.0 Å². The first-order valence-electron chi connectivity index (χ1n) is 6.51. The SMILES string of the molecule is Cc1cc(C)cc(N(C)c2ccc(C(C)N)cn2)c1. The van der Waals surface area contributed by atoms with E-state index in [1.54, 1.807) is 0 Å². The summed E-state index contributed by atoms with van der Waals surface area (Å²) in [7, 11) is 2.03. The van der Waals surface area contributed by atoms with Crippen LogP contribution in [0.1, 0.15) is 29.7 Å². The van der Waals surface area contributed by atoms with Crippen molar-refractivity contribution in [2.45, 2.75) is 26.8 Å². The number of benzene rings is 1. The van der Waals surface area contributed by atoms with E-state index >= 15 is 0 Å². The van der Waals surface area contributed by atoms with Crippen LogP contribution in [0.25, 0.3) is 0 Å². The van der Waals surface area contributed by atoms with Gasteiger partial charge in [0.25, 0.3) is 0 Å². The highest BCUT2D eigenvalue weighted by Crippen LogP contribution is 2.24. The van der Waals surface area contributed by atoms with Gasteiger partial charge in [0.2, 0.25) is 0 Å². The van der Waals surface area contributed by atoms with Crippen molar-refractivity contribution < 1.29 is 0 Å². The fraction of sp³-hybridized carbons (Fsp3) is 0.312. The molecule has 0 aliphatic carbocycles. The van der Waals surface area contributed by atoms with Gasteiger partial charge in [-0.1, -0.05) is 12.1 Å². The Labute approximate surface area is 115 Å². The van der Waals surface area contributed by atoms with Crippen LogP contribution in [0.4, 0.5) is 11.5 Å². The summed E-state index contributed by atoms with van der Waals surface area (Å²) in [5.41, 5.74) is 10.6. The van der Waals surface area contributed by atoms with E-state index in [0.29, 0.717) is 0 Å². The Morgan fingerprint density at radius 3 is 2.21 bits per heavy atom. The van der Waals surface area contributed by atoms with Gasteiger partial charge in [0.05, 0.1) is 0 Å². The predicted molar refractivity (Wildman–Crippen MR) is 80.8 cm³/mol. The monoisotopic (exact) mass is 255 g/mol. The lowest BCUT2D eigenvalue weighted by molar-refractivity contribution is 0.811. The Morgan fingerprint density at radius 2 is 1.74 bits per heavy atom. The molecule has 3 heteroatoms. The molecule has 1 aromatic heterocycles. The van der Waals surface area contributed by atoms with Gasteiger partial charge in [0, 0.05) is 25.0 Å². The first kappa shape index (κ1) is 13.6. The summed E-state index contributed by atoms with van der Waals surface area (Å²) in [5.74, 6) is 0.925. The molecule has 0 saturated carbocycles. The first-order chi connectivity index (χ1) is 8.97. The lowest BCUT2D eigenvalue weighted by Crippen LogP contribution is -2.12. The number of pyridine rings is 1. The Kier molecular flexibility index (Phi) is 3.86. The predicted octanol–water partition coefficient (Wildman–Crippen LogP) is 3.49. The Hall–Kier alpha value is -1.87. The summed E-state index contributed by atoms with van der Waals surface area (Å²) < 4.78 is 0. The van der Waals surface area contributed by atoms with E-state index in [1.165, 1.54) is 11.1 Å². The number of hydrogen-bond donors (Lipinski definition) is 1.